The van der Waals surface area contributed by atoms with Gasteiger partial charge in [-0.2, -0.15) is 0 Å². The Kier molecular flexibility index (Phi) is 9.94. The summed E-state index contributed by atoms with van der Waals surface area (Å²) in [6, 6.07) is 14.5. The molecule has 0 unspecified atom stereocenters. The first-order chi connectivity index (χ1) is 19.8. The topological polar surface area (TPSA) is 96.2 Å². The minimum Gasteiger partial charge on any atom is -0.481 e. The fraction of sp³-hybridized carbons (Fsp3) is 0.375. The van der Waals surface area contributed by atoms with Gasteiger partial charge < -0.3 is 14.2 Å². The van der Waals surface area contributed by atoms with E-state index in [1.165, 1.54) is 11.3 Å². The number of nitrogens with zero attached hydrogens (tertiary/aromatic N) is 2. The lowest BCUT2D eigenvalue weighted by molar-refractivity contribution is -0.145. The number of aromatic nitrogens is 1. The fourth-order valence-corrected chi connectivity index (χ4v) is 5.72. The van der Waals surface area contributed by atoms with Crippen LogP contribution in [0.3, 0.4) is 0 Å². The van der Waals surface area contributed by atoms with E-state index < -0.39 is 18.0 Å². The van der Waals surface area contributed by atoms with E-state index in [1.54, 1.807) is 36.6 Å². The van der Waals surface area contributed by atoms with Gasteiger partial charge >= 0.3 is 11.9 Å². The second kappa shape index (κ2) is 13.6. The predicted molar refractivity (Wildman–Crippen MR) is 159 cm³/mol. The molecule has 0 bridgehead atoms. The van der Waals surface area contributed by atoms with Gasteiger partial charge in [0.1, 0.15) is 5.75 Å². The van der Waals surface area contributed by atoms with Crippen molar-refractivity contribution in [3.63, 3.8) is 0 Å². The molecule has 1 atom stereocenters. The number of ether oxygens (including phenoxy) is 3. The molecule has 0 aliphatic carbocycles. The van der Waals surface area contributed by atoms with Crippen LogP contribution < -0.4 is 19.6 Å². The Labute approximate surface area is 243 Å². The Morgan fingerprint density at radius 2 is 1.73 bits per heavy atom. The molecule has 1 aliphatic rings. The normalized spacial score (nSPS) is 15.0. The standard InChI is InChI=1S/C32H36N2O6S/c1-6-11-24-28(31(37)39-8-3)29(22-16-14-21(15-17-22)20(4)5)34-30(36)26(41-32(34)33-24)18-23-12-9-10-13-25(23)40-19-27(35)38-7-2/h9-10,12-18,20,29H,6-8,11,19H2,1-5H3/b26-18-/t29-/m0/s1. The number of hydrogen-bond acceptors (Lipinski definition) is 8. The molecule has 0 N–H and O–H groups in total. The number of carbonyl (C=O) groups is 2. The summed E-state index contributed by atoms with van der Waals surface area (Å²) < 4.78 is 18.2. The maximum Gasteiger partial charge on any atom is 0.344 e. The van der Waals surface area contributed by atoms with Crippen LogP contribution in [0.2, 0.25) is 0 Å². The average molecular weight is 577 g/mol. The number of para-hydroxylation sites is 1. The maximum atomic E-state index is 14.0. The second-order valence-electron chi connectivity index (χ2n) is 9.87. The second-order valence-corrected chi connectivity index (χ2v) is 10.9. The van der Waals surface area contributed by atoms with Crippen molar-refractivity contribution >= 4 is 29.4 Å². The molecule has 0 amide bonds. The van der Waals surface area contributed by atoms with Crippen molar-refractivity contribution in [3.05, 3.63) is 96.2 Å². The summed E-state index contributed by atoms with van der Waals surface area (Å²) >= 11 is 1.26. The number of benzene rings is 2. The lowest BCUT2D eigenvalue weighted by Crippen LogP contribution is -2.40. The van der Waals surface area contributed by atoms with Gasteiger partial charge in [-0.1, -0.05) is 81.0 Å². The number of hydrogen-bond donors (Lipinski definition) is 0. The van der Waals surface area contributed by atoms with Crippen molar-refractivity contribution in [2.45, 2.75) is 59.4 Å². The summed E-state index contributed by atoms with van der Waals surface area (Å²) in [7, 11) is 0. The van der Waals surface area contributed by atoms with Crippen molar-refractivity contribution in [1.82, 2.24) is 4.57 Å². The van der Waals surface area contributed by atoms with E-state index in [1.807, 2.05) is 43.3 Å². The smallest absolute Gasteiger partial charge is 0.344 e. The van der Waals surface area contributed by atoms with Crippen molar-refractivity contribution < 1.29 is 23.8 Å². The fourth-order valence-electron chi connectivity index (χ4n) is 4.71. The van der Waals surface area contributed by atoms with Crippen LogP contribution in [0.4, 0.5) is 0 Å². The maximum absolute atomic E-state index is 14.0. The minimum atomic E-state index is -0.675. The molecular formula is C32H36N2O6S. The molecule has 2 aromatic carbocycles. The Morgan fingerprint density at radius 1 is 1.02 bits per heavy atom. The molecule has 41 heavy (non-hydrogen) atoms. The molecule has 0 spiro atoms. The molecule has 8 nitrogen and oxygen atoms in total. The molecule has 0 fully saturated rings. The largest absolute Gasteiger partial charge is 0.481 e. The van der Waals surface area contributed by atoms with Crippen LogP contribution in [-0.4, -0.2) is 36.3 Å². The van der Waals surface area contributed by atoms with Crippen molar-refractivity contribution in [2.24, 2.45) is 4.99 Å². The van der Waals surface area contributed by atoms with Gasteiger partial charge in [0.05, 0.1) is 35.1 Å². The molecule has 9 heteroatoms. The summed E-state index contributed by atoms with van der Waals surface area (Å²) in [5.74, 6) is -0.149. The number of fused-ring (bicyclic) bond motifs is 1. The number of allylic oxidation sites excluding steroid dienone is 1. The summed E-state index contributed by atoms with van der Waals surface area (Å²) in [5.41, 5.74) is 3.36. The van der Waals surface area contributed by atoms with Crippen LogP contribution >= 0.6 is 11.3 Å². The zero-order valence-electron chi connectivity index (χ0n) is 24.1. The van der Waals surface area contributed by atoms with Crippen molar-refractivity contribution in [2.75, 3.05) is 19.8 Å². The summed E-state index contributed by atoms with van der Waals surface area (Å²) in [6.45, 7) is 10.0. The van der Waals surface area contributed by atoms with Gasteiger partial charge in [0.15, 0.2) is 11.4 Å². The highest BCUT2D eigenvalue weighted by Gasteiger charge is 2.34. The van der Waals surface area contributed by atoms with E-state index >= 15 is 0 Å². The van der Waals surface area contributed by atoms with Gasteiger partial charge in [-0.3, -0.25) is 9.36 Å². The summed E-state index contributed by atoms with van der Waals surface area (Å²) in [5, 5.41) is 0. The first-order valence-corrected chi connectivity index (χ1v) is 14.8. The molecule has 1 aliphatic heterocycles. The molecule has 0 saturated heterocycles. The first kappa shape index (κ1) is 30.0. The lowest BCUT2D eigenvalue weighted by atomic mass is 9.92. The van der Waals surface area contributed by atoms with E-state index in [9.17, 15) is 14.4 Å². The van der Waals surface area contributed by atoms with E-state index in [0.29, 0.717) is 44.3 Å². The SMILES string of the molecule is CCCC1=C(C(=O)OCC)[C@H](c2ccc(C(C)C)cc2)n2c(s/c(=C\c3ccccc3OCC(=O)OCC)c2=O)=N1. The van der Waals surface area contributed by atoms with Crippen LogP contribution in [0.25, 0.3) is 6.08 Å². The predicted octanol–water partition coefficient (Wildman–Crippen LogP) is 4.64. The molecule has 216 valence electrons. The van der Waals surface area contributed by atoms with Crippen LogP contribution in [0, 0.1) is 0 Å². The lowest BCUT2D eigenvalue weighted by Gasteiger charge is -2.26. The third-order valence-electron chi connectivity index (χ3n) is 6.67. The molecule has 0 radical (unpaired) electrons. The average Bonchev–Trinajstić information content (AvgIpc) is 3.26. The van der Waals surface area contributed by atoms with Gasteiger partial charge in [-0.25, -0.2) is 14.6 Å². The molecular weight excluding hydrogens is 540 g/mol. The van der Waals surface area contributed by atoms with Crippen LogP contribution in [0.5, 0.6) is 5.75 Å². The zero-order valence-corrected chi connectivity index (χ0v) is 25.0. The summed E-state index contributed by atoms with van der Waals surface area (Å²) in [4.78, 5) is 44.6. The number of esters is 2. The van der Waals surface area contributed by atoms with E-state index in [-0.39, 0.29) is 25.4 Å². The number of carbonyl (C=O) groups excluding carboxylic acids is 2. The zero-order chi connectivity index (χ0) is 29.5. The highest BCUT2D eigenvalue weighted by atomic mass is 32.1. The van der Waals surface area contributed by atoms with E-state index in [0.717, 1.165) is 17.5 Å². The monoisotopic (exact) mass is 576 g/mol. The third kappa shape index (κ3) is 6.68. The highest BCUT2D eigenvalue weighted by molar-refractivity contribution is 7.07. The minimum absolute atomic E-state index is 0.216. The van der Waals surface area contributed by atoms with Gasteiger partial charge in [0, 0.05) is 5.56 Å². The van der Waals surface area contributed by atoms with Crippen LogP contribution in [-0.2, 0) is 19.1 Å². The summed E-state index contributed by atoms with van der Waals surface area (Å²) in [6.07, 6.45) is 3.09. The Morgan fingerprint density at radius 3 is 2.39 bits per heavy atom. The Balaban J connectivity index is 1.88. The van der Waals surface area contributed by atoms with Crippen molar-refractivity contribution in [1.29, 1.82) is 0 Å². The van der Waals surface area contributed by atoms with Gasteiger partial charge in [0.25, 0.3) is 5.56 Å². The highest BCUT2D eigenvalue weighted by Crippen LogP contribution is 2.33. The molecule has 1 aromatic heterocycles. The van der Waals surface area contributed by atoms with Gasteiger partial charge in [0.2, 0.25) is 0 Å². The Hall–Kier alpha value is -3.98. The molecule has 3 aromatic rings. The first-order valence-electron chi connectivity index (χ1n) is 14.0. The van der Waals surface area contributed by atoms with E-state index in [4.69, 9.17) is 19.2 Å². The number of thiazole rings is 1. The van der Waals surface area contributed by atoms with Crippen LogP contribution in [0.1, 0.15) is 76.1 Å². The third-order valence-corrected chi connectivity index (χ3v) is 7.65. The molecule has 4 rings (SSSR count). The Bertz CT molecular complexity index is 1610. The molecule has 2 heterocycles. The quantitative estimate of drug-likeness (QED) is 0.309. The van der Waals surface area contributed by atoms with E-state index in [2.05, 4.69) is 13.8 Å². The van der Waals surface area contributed by atoms with Crippen molar-refractivity contribution in [3.8, 4) is 5.75 Å². The van der Waals surface area contributed by atoms with Gasteiger partial charge in [-0.15, -0.1) is 0 Å². The number of rotatable bonds is 11. The van der Waals surface area contributed by atoms with Crippen LogP contribution in [0.15, 0.2) is 69.6 Å². The molecule has 0 saturated carbocycles. The van der Waals surface area contributed by atoms with Gasteiger partial charge in [-0.05, 0) is 49.5 Å².